The molecule has 0 radical (unpaired) electrons. The summed E-state index contributed by atoms with van der Waals surface area (Å²) in [6, 6.07) is 11.5. The molecule has 0 heterocycles. The summed E-state index contributed by atoms with van der Waals surface area (Å²) in [7, 11) is 1.52. The molecular weight excluding hydrogens is 297 g/mol. The standard InChI is InChI=1S/C18H20FNO3/c1-12(9-13-5-3-4-6-16(13)19)18(22)20-15-7-8-17(23-2)14(10-15)11-21/h3-8,10,12,21H,9,11H2,1-2H3,(H,20,22). The van der Waals surface area contributed by atoms with Crippen molar-refractivity contribution < 1.29 is 19.0 Å². The van der Waals surface area contributed by atoms with Crippen LogP contribution in [0, 0.1) is 11.7 Å². The minimum Gasteiger partial charge on any atom is -0.496 e. The fraction of sp³-hybridized carbons (Fsp3) is 0.278. The van der Waals surface area contributed by atoms with Gasteiger partial charge >= 0.3 is 0 Å². The van der Waals surface area contributed by atoms with Crippen molar-refractivity contribution in [2.45, 2.75) is 20.0 Å². The third kappa shape index (κ3) is 4.29. The van der Waals surface area contributed by atoms with Crippen molar-refractivity contribution in [2.75, 3.05) is 12.4 Å². The van der Waals surface area contributed by atoms with E-state index >= 15 is 0 Å². The number of carbonyl (C=O) groups is 1. The van der Waals surface area contributed by atoms with Gasteiger partial charge in [-0.25, -0.2) is 4.39 Å². The number of benzene rings is 2. The number of carbonyl (C=O) groups excluding carboxylic acids is 1. The number of nitrogens with one attached hydrogen (secondary N) is 1. The van der Waals surface area contributed by atoms with Gasteiger partial charge in [-0.2, -0.15) is 0 Å². The maximum Gasteiger partial charge on any atom is 0.227 e. The van der Waals surface area contributed by atoms with Gasteiger partial charge in [-0.05, 0) is 36.2 Å². The van der Waals surface area contributed by atoms with E-state index in [1.54, 1.807) is 43.3 Å². The van der Waals surface area contributed by atoms with E-state index in [-0.39, 0.29) is 24.2 Å². The Hall–Kier alpha value is -2.40. The van der Waals surface area contributed by atoms with Crippen molar-refractivity contribution in [2.24, 2.45) is 5.92 Å². The summed E-state index contributed by atoms with van der Waals surface area (Å²) < 4.78 is 18.8. The summed E-state index contributed by atoms with van der Waals surface area (Å²) in [6.07, 6.45) is 0.321. The Balaban J connectivity index is 2.05. The number of methoxy groups -OCH3 is 1. The quantitative estimate of drug-likeness (QED) is 0.860. The van der Waals surface area contributed by atoms with Crippen molar-refractivity contribution in [3.63, 3.8) is 0 Å². The van der Waals surface area contributed by atoms with Crippen molar-refractivity contribution in [1.82, 2.24) is 0 Å². The molecule has 23 heavy (non-hydrogen) atoms. The van der Waals surface area contributed by atoms with Crippen LogP contribution in [0.2, 0.25) is 0 Å². The monoisotopic (exact) mass is 317 g/mol. The van der Waals surface area contributed by atoms with Crippen LogP contribution in [0.4, 0.5) is 10.1 Å². The lowest BCUT2D eigenvalue weighted by atomic mass is 10.00. The summed E-state index contributed by atoms with van der Waals surface area (Å²) in [4.78, 5) is 12.3. The largest absolute Gasteiger partial charge is 0.496 e. The van der Waals surface area contributed by atoms with Crippen molar-refractivity contribution in [1.29, 1.82) is 0 Å². The van der Waals surface area contributed by atoms with Crippen LogP contribution in [0.5, 0.6) is 5.75 Å². The highest BCUT2D eigenvalue weighted by atomic mass is 19.1. The summed E-state index contributed by atoms with van der Waals surface area (Å²) in [5.41, 5.74) is 1.67. The smallest absolute Gasteiger partial charge is 0.227 e. The Morgan fingerprint density at radius 2 is 2.00 bits per heavy atom. The Morgan fingerprint density at radius 3 is 2.65 bits per heavy atom. The minimum atomic E-state index is -0.383. The number of rotatable bonds is 6. The first-order valence-corrected chi connectivity index (χ1v) is 7.37. The van der Waals surface area contributed by atoms with E-state index in [4.69, 9.17) is 4.74 Å². The first-order chi connectivity index (χ1) is 11.0. The third-order valence-electron chi connectivity index (χ3n) is 3.65. The molecule has 122 valence electrons. The lowest BCUT2D eigenvalue weighted by Crippen LogP contribution is -2.22. The number of anilines is 1. The minimum absolute atomic E-state index is 0.183. The van der Waals surface area contributed by atoms with Gasteiger partial charge in [0.1, 0.15) is 11.6 Å². The van der Waals surface area contributed by atoms with Crippen LogP contribution < -0.4 is 10.1 Å². The molecule has 0 saturated heterocycles. The molecule has 0 spiro atoms. The molecule has 0 saturated carbocycles. The second-order valence-corrected chi connectivity index (χ2v) is 5.37. The van der Waals surface area contributed by atoms with E-state index in [2.05, 4.69) is 5.32 Å². The molecule has 1 amide bonds. The summed E-state index contributed by atoms with van der Waals surface area (Å²) in [5, 5.41) is 12.1. The third-order valence-corrected chi connectivity index (χ3v) is 3.65. The molecule has 0 fully saturated rings. The molecule has 0 aliphatic rings. The first kappa shape index (κ1) is 17.0. The molecule has 0 aliphatic carbocycles. The second-order valence-electron chi connectivity index (χ2n) is 5.37. The Labute approximate surface area is 134 Å². The van der Waals surface area contributed by atoms with Crippen LogP contribution >= 0.6 is 0 Å². The van der Waals surface area contributed by atoms with Crippen LogP contribution in [-0.4, -0.2) is 18.1 Å². The van der Waals surface area contributed by atoms with Crippen LogP contribution in [0.1, 0.15) is 18.1 Å². The van der Waals surface area contributed by atoms with Crippen molar-refractivity contribution in [3.8, 4) is 5.75 Å². The number of ether oxygens (including phenoxy) is 1. The molecule has 5 heteroatoms. The number of hydrogen-bond acceptors (Lipinski definition) is 3. The number of hydrogen-bond donors (Lipinski definition) is 2. The highest BCUT2D eigenvalue weighted by Crippen LogP contribution is 2.23. The lowest BCUT2D eigenvalue weighted by Gasteiger charge is -2.14. The first-order valence-electron chi connectivity index (χ1n) is 7.37. The molecule has 2 rings (SSSR count). The zero-order chi connectivity index (χ0) is 16.8. The van der Waals surface area contributed by atoms with Crippen LogP contribution in [0.3, 0.4) is 0 Å². The fourth-order valence-corrected chi connectivity index (χ4v) is 2.33. The zero-order valence-corrected chi connectivity index (χ0v) is 13.2. The molecule has 2 aromatic carbocycles. The summed E-state index contributed by atoms with van der Waals surface area (Å²) in [6.45, 7) is 1.57. The summed E-state index contributed by atoms with van der Waals surface area (Å²) >= 11 is 0. The van der Waals surface area contributed by atoms with Gasteiger partial charge in [-0.1, -0.05) is 25.1 Å². The zero-order valence-electron chi connectivity index (χ0n) is 13.2. The van der Waals surface area contributed by atoms with Crippen LogP contribution in [0.15, 0.2) is 42.5 Å². The number of halogens is 1. The van der Waals surface area contributed by atoms with E-state index in [1.807, 2.05) is 0 Å². The molecule has 2 aromatic rings. The Morgan fingerprint density at radius 1 is 1.26 bits per heavy atom. The number of aliphatic hydroxyl groups excluding tert-OH is 1. The van der Waals surface area contributed by atoms with E-state index in [0.29, 0.717) is 29.0 Å². The SMILES string of the molecule is COc1ccc(NC(=O)C(C)Cc2ccccc2F)cc1CO. The van der Waals surface area contributed by atoms with Gasteiger partial charge in [0.25, 0.3) is 0 Å². The number of amides is 1. The Bertz CT molecular complexity index is 688. The molecule has 1 atom stereocenters. The molecule has 0 aliphatic heterocycles. The molecular formula is C18H20FNO3. The van der Waals surface area contributed by atoms with E-state index < -0.39 is 0 Å². The van der Waals surface area contributed by atoms with E-state index in [0.717, 1.165) is 0 Å². The molecule has 0 aromatic heterocycles. The van der Waals surface area contributed by atoms with Crippen LogP contribution in [0.25, 0.3) is 0 Å². The highest BCUT2D eigenvalue weighted by molar-refractivity contribution is 5.92. The van der Waals surface area contributed by atoms with Gasteiger partial charge in [0, 0.05) is 17.2 Å². The van der Waals surface area contributed by atoms with Crippen molar-refractivity contribution in [3.05, 3.63) is 59.4 Å². The van der Waals surface area contributed by atoms with Gasteiger partial charge < -0.3 is 15.2 Å². The normalized spacial score (nSPS) is 11.8. The molecule has 4 nitrogen and oxygen atoms in total. The molecule has 0 bridgehead atoms. The van der Waals surface area contributed by atoms with Gasteiger partial charge in [0.2, 0.25) is 5.91 Å². The second kappa shape index (κ2) is 7.74. The lowest BCUT2D eigenvalue weighted by molar-refractivity contribution is -0.119. The topological polar surface area (TPSA) is 58.6 Å². The van der Waals surface area contributed by atoms with Gasteiger partial charge in [0.05, 0.1) is 13.7 Å². The predicted molar refractivity (Wildman–Crippen MR) is 86.8 cm³/mol. The maximum atomic E-state index is 13.6. The maximum absolute atomic E-state index is 13.6. The highest BCUT2D eigenvalue weighted by Gasteiger charge is 2.16. The van der Waals surface area contributed by atoms with Crippen LogP contribution in [-0.2, 0) is 17.8 Å². The average molecular weight is 317 g/mol. The average Bonchev–Trinajstić information content (AvgIpc) is 2.56. The van der Waals surface area contributed by atoms with Gasteiger partial charge in [0.15, 0.2) is 0 Å². The van der Waals surface area contributed by atoms with E-state index in [1.165, 1.54) is 13.2 Å². The van der Waals surface area contributed by atoms with Gasteiger partial charge in [-0.15, -0.1) is 0 Å². The Kier molecular flexibility index (Phi) is 5.71. The van der Waals surface area contributed by atoms with Crippen molar-refractivity contribution >= 4 is 11.6 Å². The summed E-state index contributed by atoms with van der Waals surface area (Å²) in [5.74, 6) is -0.335. The van der Waals surface area contributed by atoms with E-state index in [9.17, 15) is 14.3 Å². The number of aliphatic hydroxyl groups is 1. The predicted octanol–water partition coefficient (Wildman–Crippen LogP) is 3.14. The fourth-order valence-electron chi connectivity index (χ4n) is 2.33. The molecule has 2 N–H and O–H groups in total. The molecule has 1 unspecified atom stereocenters. The van der Waals surface area contributed by atoms with Gasteiger partial charge in [-0.3, -0.25) is 4.79 Å².